The lowest BCUT2D eigenvalue weighted by molar-refractivity contribution is -0.111. The van der Waals surface area contributed by atoms with E-state index in [0.717, 1.165) is 43.7 Å². The number of hydrogen-bond acceptors (Lipinski definition) is 3. The zero-order valence-corrected chi connectivity index (χ0v) is 12.9. The van der Waals surface area contributed by atoms with Crippen molar-refractivity contribution in [2.75, 3.05) is 11.9 Å². The maximum atomic E-state index is 13.5. The average Bonchev–Trinajstić information content (AvgIpc) is 3.19. The molecule has 1 atom stereocenters. The molecule has 0 saturated carbocycles. The van der Waals surface area contributed by atoms with Crippen molar-refractivity contribution in [3.05, 3.63) is 53.9 Å². The van der Waals surface area contributed by atoms with E-state index in [1.165, 1.54) is 12.3 Å². The van der Waals surface area contributed by atoms with Gasteiger partial charge in [0.05, 0.1) is 24.5 Å². The highest BCUT2D eigenvalue weighted by Crippen LogP contribution is 2.16. The molecule has 3 rings (SSSR count). The van der Waals surface area contributed by atoms with Gasteiger partial charge >= 0.3 is 0 Å². The van der Waals surface area contributed by atoms with Crippen LogP contribution in [0.3, 0.4) is 0 Å². The van der Waals surface area contributed by atoms with Crippen molar-refractivity contribution in [3.8, 4) is 0 Å². The van der Waals surface area contributed by atoms with Crippen LogP contribution in [0.1, 0.15) is 18.4 Å². The maximum Gasteiger partial charge on any atom is 0.248 e. The molecule has 24 heavy (non-hydrogen) atoms. The Morgan fingerprint density at radius 1 is 1.42 bits per heavy atom. The van der Waals surface area contributed by atoms with Gasteiger partial charge in [0.2, 0.25) is 5.91 Å². The van der Waals surface area contributed by atoms with Gasteiger partial charge in [-0.1, -0.05) is 6.07 Å². The van der Waals surface area contributed by atoms with Crippen LogP contribution in [0.15, 0.2) is 36.7 Å². The van der Waals surface area contributed by atoms with Gasteiger partial charge in [0.1, 0.15) is 11.6 Å². The van der Waals surface area contributed by atoms with E-state index in [2.05, 4.69) is 10.4 Å². The van der Waals surface area contributed by atoms with Gasteiger partial charge in [0.15, 0.2) is 0 Å². The first-order valence-corrected chi connectivity index (χ1v) is 7.69. The molecule has 7 heteroatoms. The summed E-state index contributed by atoms with van der Waals surface area (Å²) in [4.78, 5) is 11.9. The second-order valence-electron chi connectivity index (χ2n) is 5.54. The highest BCUT2D eigenvalue weighted by molar-refractivity contribution is 6.01. The highest BCUT2D eigenvalue weighted by atomic mass is 19.1. The highest BCUT2D eigenvalue weighted by Gasteiger charge is 2.16. The summed E-state index contributed by atoms with van der Waals surface area (Å²) in [5, 5.41) is 6.76. The number of nitrogens with one attached hydrogen (secondary N) is 1. The lowest BCUT2D eigenvalue weighted by Crippen LogP contribution is -2.15. The average molecular weight is 333 g/mol. The number of amides is 1. The van der Waals surface area contributed by atoms with Crippen molar-refractivity contribution >= 4 is 17.7 Å². The molecule has 1 aromatic carbocycles. The van der Waals surface area contributed by atoms with Crippen molar-refractivity contribution in [1.82, 2.24) is 9.78 Å². The fraction of sp³-hybridized carbons (Fsp3) is 0.294. The van der Waals surface area contributed by atoms with Gasteiger partial charge in [-0.25, -0.2) is 8.78 Å². The van der Waals surface area contributed by atoms with Gasteiger partial charge in [0, 0.05) is 24.4 Å². The number of nitrogens with zero attached hydrogens (tertiary/aromatic N) is 2. The van der Waals surface area contributed by atoms with Crippen LogP contribution in [0.25, 0.3) is 6.08 Å². The zero-order valence-electron chi connectivity index (χ0n) is 12.9. The largest absolute Gasteiger partial charge is 0.376 e. The fourth-order valence-corrected chi connectivity index (χ4v) is 2.54. The summed E-state index contributed by atoms with van der Waals surface area (Å²) >= 11 is 0. The van der Waals surface area contributed by atoms with E-state index in [4.69, 9.17) is 4.74 Å². The molecule has 126 valence electrons. The van der Waals surface area contributed by atoms with Crippen LogP contribution in [-0.2, 0) is 16.1 Å². The first-order chi connectivity index (χ1) is 11.6. The maximum absolute atomic E-state index is 13.5. The summed E-state index contributed by atoms with van der Waals surface area (Å²) in [6.07, 6.45) is 7.60. The molecule has 1 aromatic heterocycles. The van der Waals surface area contributed by atoms with Crippen LogP contribution in [0, 0.1) is 11.6 Å². The molecule has 1 N–H and O–H groups in total. The monoisotopic (exact) mass is 333 g/mol. The number of rotatable bonds is 5. The quantitative estimate of drug-likeness (QED) is 0.856. The number of ether oxygens (including phenoxy) is 1. The summed E-state index contributed by atoms with van der Waals surface area (Å²) < 4.78 is 34.2. The Hall–Kier alpha value is -2.54. The number of aromatic nitrogens is 2. The van der Waals surface area contributed by atoms with Crippen molar-refractivity contribution in [1.29, 1.82) is 0 Å². The number of anilines is 1. The van der Waals surface area contributed by atoms with Crippen LogP contribution in [0.5, 0.6) is 0 Å². The minimum Gasteiger partial charge on any atom is -0.376 e. The predicted octanol–water partition coefficient (Wildman–Crippen LogP) is 2.99. The van der Waals surface area contributed by atoms with Crippen molar-refractivity contribution in [3.63, 3.8) is 0 Å². The molecule has 2 heterocycles. The molecule has 1 aliphatic heterocycles. The van der Waals surface area contributed by atoms with Crippen molar-refractivity contribution in [2.45, 2.75) is 25.5 Å². The third kappa shape index (κ3) is 4.05. The van der Waals surface area contributed by atoms with E-state index in [-0.39, 0.29) is 11.7 Å². The molecule has 1 aliphatic rings. The zero-order chi connectivity index (χ0) is 16.9. The summed E-state index contributed by atoms with van der Waals surface area (Å²) in [6, 6.07) is 3.54. The number of halogens is 2. The summed E-state index contributed by atoms with van der Waals surface area (Å²) in [7, 11) is 0. The predicted molar refractivity (Wildman–Crippen MR) is 85.2 cm³/mol. The molecule has 0 unspecified atom stereocenters. The minimum atomic E-state index is -0.719. The van der Waals surface area contributed by atoms with E-state index in [0.29, 0.717) is 12.2 Å². The van der Waals surface area contributed by atoms with E-state index >= 15 is 0 Å². The molecule has 1 saturated heterocycles. The fourth-order valence-electron chi connectivity index (χ4n) is 2.54. The smallest absolute Gasteiger partial charge is 0.248 e. The van der Waals surface area contributed by atoms with Gasteiger partial charge in [-0.2, -0.15) is 5.10 Å². The van der Waals surface area contributed by atoms with Crippen LogP contribution >= 0.6 is 0 Å². The number of hydrogen-bond donors (Lipinski definition) is 1. The van der Waals surface area contributed by atoms with Crippen LogP contribution in [0.2, 0.25) is 0 Å². The van der Waals surface area contributed by atoms with Crippen LogP contribution < -0.4 is 5.32 Å². The Bertz CT molecular complexity index is 732. The Labute approximate surface area is 137 Å². The van der Waals surface area contributed by atoms with E-state index in [9.17, 15) is 13.6 Å². The molecular weight excluding hydrogens is 316 g/mol. The summed E-state index contributed by atoms with van der Waals surface area (Å²) in [6.45, 7) is 1.40. The van der Waals surface area contributed by atoms with Crippen LogP contribution in [0.4, 0.5) is 14.5 Å². The minimum absolute atomic E-state index is 0.150. The van der Waals surface area contributed by atoms with Crippen molar-refractivity contribution in [2.24, 2.45) is 0 Å². The number of carbonyl (C=O) groups is 1. The Kier molecular flexibility index (Phi) is 5.00. The first kappa shape index (κ1) is 16.3. The Morgan fingerprint density at radius 2 is 2.21 bits per heavy atom. The molecule has 0 aliphatic carbocycles. The van der Waals surface area contributed by atoms with Gasteiger partial charge in [-0.3, -0.25) is 9.48 Å². The second-order valence-corrected chi connectivity index (χ2v) is 5.54. The van der Waals surface area contributed by atoms with Gasteiger partial charge in [-0.05, 0) is 31.1 Å². The summed E-state index contributed by atoms with van der Waals surface area (Å²) in [5.41, 5.74) is 0.262. The van der Waals surface area contributed by atoms with Crippen molar-refractivity contribution < 1.29 is 18.3 Å². The standard InChI is InChI=1S/C17H17F2N3O2/c18-15-4-1-5-16(19)14(15)6-7-17(23)21-12-9-20-22(10-12)11-13-3-2-8-24-13/h1,4-7,9-10,13H,2-3,8,11H2,(H,21,23)/b7-6+/t13-/m0/s1. The molecule has 1 fully saturated rings. The molecule has 0 bridgehead atoms. The lowest BCUT2D eigenvalue weighted by Gasteiger charge is -2.08. The SMILES string of the molecule is O=C(/C=C/c1c(F)cccc1F)Nc1cnn(C[C@@H]2CCCO2)c1. The second kappa shape index (κ2) is 7.35. The summed E-state index contributed by atoms with van der Waals surface area (Å²) in [5.74, 6) is -1.93. The van der Waals surface area contributed by atoms with E-state index < -0.39 is 17.5 Å². The lowest BCUT2D eigenvalue weighted by atomic mass is 10.2. The third-order valence-corrected chi connectivity index (χ3v) is 3.72. The Morgan fingerprint density at radius 3 is 2.92 bits per heavy atom. The third-order valence-electron chi connectivity index (χ3n) is 3.72. The van der Waals surface area contributed by atoms with E-state index in [1.807, 2.05) is 0 Å². The molecule has 2 aromatic rings. The van der Waals surface area contributed by atoms with Crippen LogP contribution in [-0.4, -0.2) is 28.4 Å². The van der Waals surface area contributed by atoms with Gasteiger partial charge < -0.3 is 10.1 Å². The molecule has 0 spiro atoms. The molecule has 1 amide bonds. The number of benzene rings is 1. The molecular formula is C17H17F2N3O2. The topological polar surface area (TPSA) is 56.2 Å². The normalized spacial score (nSPS) is 17.5. The molecule has 5 nitrogen and oxygen atoms in total. The van der Waals surface area contributed by atoms with Gasteiger partial charge in [0.25, 0.3) is 0 Å². The van der Waals surface area contributed by atoms with E-state index in [1.54, 1.807) is 10.9 Å². The number of carbonyl (C=O) groups excluding carboxylic acids is 1. The molecule has 0 radical (unpaired) electrons. The first-order valence-electron chi connectivity index (χ1n) is 7.69. The Balaban J connectivity index is 1.58. The van der Waals surface area contributed by atoms with Gasteiger partial charge in [-0.15, -0.1) is 0 Å².